The normalized spacial score (nSPS) is 15.7. The fourth-order valence-corrected chi connectivity index (χ4v) is 2.97. The maximum Gasteiger partial charge on any atom is 0.235 e. The third kappa shape index (κ3) is 7.99. The number of carbonyl (C=O) groups is 1. The Morgan fingerprint density at radius 2 is 1.80 bits per heavy atom. The fourth-order valence-electron chi connectivity index (χ4n) is 2.97. The van der Waals surface area contributed by atoms with Gasteiger partial charge in [-0.05, 0) is 51.5 Å². The molecule has 0 aromatic heterocycles. The Bertz CT molecular complexity index is 513. The van der Waals surface area contributed by atoms with E-state index in [2.05, 4.69) is 0 Å². The summed E-state index contributed by atoms with van der Waals surface area (Å²) in [6.45, 7) is 9.68. The van der Waals surface area contributed by atoms with Gasteiger partial charge in [0.2, 0.25) is 6.41 Å². The van der Waals surface area contributed by atoms with Crippen LogP contribution in [-0.4, -0.2) is 33.9 Å². The summed E-state index contributed by atoms with van der Waals surface area (Å²) in [7, 11) is 0. The van der Waals surface area contributed by atoms with E-state index < -0.39 is 17.4 Å². The van der Waals surface area contributed by atoms with E-state index in [4.69, 9.17) is 10.6 Å². The molecule has 5 heteroatoms. The molecule has 0 aliphatic heterocycles. The van der Waals surface area contributed by atoms with Crippen LogP contribution >= 0.6 is 0 Å². The van der Waals surface area contributed by atoms with Crippen LogP contribution in [0.3, 0.4) is 0 Å². The Morgan fingerprint density at radius 1 is 1.20 bits per heavy atom. The molecule has 2 atom stereocenters. The van der Waals surface area contributed by atoms with Gasteiger partial charge in [-0.2, -0.15) is 0 Å². The maximum atomic E-state index is 11.6. The first kappa shape index (κ1) is 21.6. The Kier molecular flexibility index (Phi) is 8.06. The number of aliphatic hydroxyl groups is 1. The van der Waals surface area contributed by atoms with E-state index in [1.165, 1.54) is 10.6 Å². The molecule has 0 aliphatic carbocycles. The van der Waals surface area contributed by atoms with Crippen molar-refractivity contribution in [3.05, 3.63) is 35.9 Å². The van der Waals surface area contributed by atoms with Crippen molar-refractivity contribution in [3.63, 3.8) is 0 Å². The van der Waals surface area contributed by atoms with Gasteiger partial charge in [0.05, 0.1) is 11.7 Å². The minimum Gasteiger partial charge on any atom is -0.393 e. The second-order valence-electron chi connectivity index (χ2n) is 8.22. The highest BCUT2D eigenvalue weighted by Gasteiger charge is 2.38. The zero-order chi connectivity index (χ0) is 19.1. The lowest BCUT2D eigenvalue weighted by atomic mass is 9.90. The van der Waals surface area contributed by atoms with E-state index in [9.17, 15) is 9.90 Å². The topological polar surface area (TPSA) is 75.8 Å². The Balaban J connectivity index is 2.80. The molecule has 0 saturated carbocycles. The van der Waals surface area contributed by atoms with Crippen LogP contribution in [0.15, 0.2) is 30.3 Å². The molecule has 5 nitrogen and oxygen atoms in total. The molecular formula is C20H34N2O3. The van der Waals surface area contributed by atoms with Gasteiger partial charge in [-0.25, -0.2) is 5.06 Å². The molecule has 0 spiro atoms. The van der Waals surface area contributed by atoms with Crippen LogP contribution in [-0.2, 0) is 16.1 Å². The van der Waals surface area contributed by atoms with Gasteiger partial charge in [-0.1, -0.05) is 44.2 Å². The highest BCUT2D eigenvalue weighted by molar-refractivity contribution is 5.47. The zero-order valence-corrected chi connectivity index (χ0v) is 16.2. The number of hydrogen-bond donors (Lipinski definition) is 2. The largest absolute Gasteiger partial charge is 0.393 e. The van der Waals surface area contributed by atoms with E-state index in [0.29, 0.717) is 19.3 Å². The van der Waals surface area contributed by atoms with Crippen molar-refractivity contribution in [2.24, 2.45) is 11.7 Å². The van der Waals surface area contributed by atoms with Gasteiger partial charge < -0.3 is 10.8 Å². The zero-order valence-electron chi connectivity index (χ0n) is 16.2. The molecule has 1 aromatic rings. The summed E-state index contributed by atoms with van der Waals surface area (Å²) in [4.78, 5) is 17.4. The standard InChI is InChI=1S/C20H34N2O3/c1-16(2)13-20(21,22(15-23)25-19(3,4)5)14-18(24)12-11-17-9-7-6-8-10-17/h6-10,15-16,18,24H,11-14,21H2,1-5H3/t18-,20-/m0/s1. The molecule has 0 heterocycles. The predicted molar refractivity (Wildman–Crippen MR) is 101 cm³/mol. The third-order valence-corrected chi connectivity index (χ3v) is 3.87. The molecular weight excluding hydrogens is 316 g/mol. The molecule has 1 amide bonds. The number of rotatable bonds is 10. The molecule has 25 heavy (non-hydrogen) atoms. The van der Waals surface area contributed by atoms with Crippen molar-refractivity contribution in [3.8, 4) is 0 Å². The van der Waals surface area contributed by atoms with Crippen LogP contribution in [0.25, 0.3) is 0 Å². The third-order valence-electron chi connectivity index (χ3n) is 3.87. The van der Waals surface area contributed by atoms with Crippen LogP contribution in [0.4, 0.5) is 0 Å². The number of nitrogens with zero attached hydrogens (tertiary/aromatic N) is 1. The molecule has 0 bridgehead atoms. The minimum atomic E-state index is -1.04. The van der Waals surface area contributed by atoms with Crippen molar-refractivity contribution in [2.75, 3.05) is 0 Å². The molecule has 0 unspecified atom stereocenters. The van der Waals surface area contributed by atoms with Gasteiger partial charge in [0.15, 0.2) is 0 Å². The number of aryl methyl sites for hydroxylation is 1. The van der Waals surface area contributed by atoms with Crippen LogP contribution < -0.4 is 5.73 Å². The molecule has 142 valence electrons. The van der Waals surface area contributed by atoms with E-state index in [1.807, 2.05) is 65.0 Å². The molecule has 0 aliphatic rings. The van der Waals surface area contributed by atoms with Gasteiger partial charge in [-0.3, -0.25) is 9.63 Å². The van der Waals surface area contributed by atoms with Crippen LogP contribution in [0.1, 0.15) is 59.4 Å². The smallest absolute Gasteiger partial charge is 0.235 e. The van der Waals surface area contributed by atoms with Gasteiger partial charge >= 0.3 is 0 Å². The summed E-state index contributed by atoms with van der Waals surface area (Å²) in [5, 5.41) is 11.7. The summed E-state index contributed by atoms with van der Waals surface area (Å²) < 4.78 is 0. The summed E-state index contributed by atoms with van der Waals surface area (Å²) in [5.74, 6) is 0.261. The van der Waals surface area contributed by atoms with Crippen LogP contribution in [0, 0.1) is 5.92 Å². The Hall–Kier alpha value is -1.43. The van der Waals surface area contributed by atoms with Gasteiger partial charge in [0.25, 0.3) is 0 Å². The number of hydrogen-bond acceptors (Lipinski definition) is 4. The Labute approximate surface area is 152 Å². The van der Waals surface area contributed by atoms with E-state index >= 15 is 0 Å². The summed E-state index contributed by atoms with van der Waals surface area (Å²) in [6, 6.07) is 10.0. The summed E-state index contributed by atoms with van der Waals surface area (Å²) >= 11 is 0. The van der Waals surface area contributed by atoms with Crippen LogP contribution in [0.5, 0.6) is 0 Å². The molecule has 0 radical (unpaired) electrons. The number of benzene rings is 1. The quantitative estimate of drug-likeness (QED) is 0.386. The van der Waals surface area contributed by atoms with Crippen molar-refractivity contribution in [2.45, 2.75) is 77.7 Å². The van der Waals surface area contributed by atoms with E-state index in [1.54, 1.807) is 0 Å². The first-order valence-electron chi connectivity index (χ1n) is 9.00. The van der Waals surface area contributed by atoms with E-state index in [0.717, 1.165) is 6.42 Å². The average Bonchev–Trinajstić information content (AvgIpc) is 2.49. The Morgan fingerprint density at radius 3 is 2.28 bits per heavy atom. The monoisotopic (exact) mass is 350 g/mol. The SMILES string of the molecule is CC(C)C[C@@](N)(C[C@@H](O)CCc1ccccc1)N(C=O)OC(C)(C)C. The summed E-state index contributed by atoms with van der Waals surface area (Å²) in [5.41, 5.74) is 6.13. The van der Waals surface area contributed by atoms with Gasteiger partial charge in [0.1, 0.15) is 5.66 Å². The van der Waals surface area contributed by atoms with Gasteiger partial charge in [-0.15, -0.1) is 0 Å². The van der Waals surface area contributed by atoms with Crippen molar-refractivity contribution in [1.82, 2.24) is 5.06 Å². The number of amides is 1. The number of hydroxylamine groups is 2. The minimum absolute atomic E-state index is 0.261. The lowest BCUT2D eigenvalue weighted by Gasteiger charge is -2.42. The molecule has 3 N–H and O–H groups in total. The van der Waals surface area contributed by atoms with Crippen molar-refractivity contribution >= 4 is 6.41 Å². The maximum absolute atomic E-state index is 11.6. The lowest BCUT2D eigenvalue weighted by molar-refractivity contribution is -0.262. The second kappa shape index (κ2) is 9.32. The van der Waals surface area contributed by atoms with Gasteiger partial charge in [0, 0.05) is 6.42 Å². The number of nitrogens with two attached hydrogens (primary N) is 1. The van der Waals surface area contributed by atoms with Crippen molar-refractivity contribution in [1.29, 1.82) is 0 Å². The summed E-state index contributed by atoms with van der Waals surface area (Å²) in [6.07, 6.45) is 2.17. The first-order valence-corrected chi connectivity index (χ1v) is 9.00. The number of aliphatic hydroxyl groups excluding tert-OH is 1. The highest BCUT2D eigenvalue weighted by Crippen LogP contribution is 2.27. The first-order chi connectivity index (χ1) is 11.6. The highest BCUT2D eigenvalue weighted by atomic mass is 16.7. The molecule has 1 aromatic carbocycles. The molecule has 1 rings (SSSR count). The fraction of sp³-hybridized carbons (Fsp3) is 0.650. The predicted octanol–water partition coefficient (Wildman–Crippen LogP) is 3.26. The van der Waals surface area contributed by atoms with E-state index in [-0.39, 0.29) is 12.3 Å². The second-order valence-corrected chi connectivity index (χ2v) is 8.22. The lowest BCUT2D eigenvalue weighted by Crippen LogP contribution is -2.59. The van der Waals surface area contributed by atoms with Crippen LogP contribution in [0.2, 0.25) is 0 Å². The van der Waals surface area contributed by atoms with Crippen molar-refractivity contribution < 1.29 is 14.7 Å². The average molecular weight is 351 g/mol. The number of carbonyl (C=O) groups excluding carboxylic acids is 1. The molecule has 0 fully saturated rings. The molecule has 0 saturated heterocycles.